The standard InChI is InChI=1S/C15H20N2O/c1-9(2)11(4)18-15-6-5-14(16)13-8-17-10(3)7-12(13)15/h5-9,11H,16H2,1-4H3. The lowest BCUT2D eigenvalue weighted by Crippen LogP contribution is -2.18. The molecule has 2 rings (SSSR count). The molecule has 0 saturated heterocycles. The van der Waals surface area contributed by atoms with Gasteiger partial charge in [-0.2, -0.15) is 0 Å². The molecule has 2 N–H and O–H groups in total. The Balaban J connectivity index is 2.51. The first kappa shape index (κ1) is 12.7. The van der Waals surface area contributed by atoms with Crippen LogP contribution in [0.1, 0.15) is 26.5 Å². The smallest absolute Gasteiger partial charge is 0.127 e. The molecule has 0 aliphatic carbocycles. The molecule has 0 amide bonds. The summed E-state index contributed by atoms with van der Waals surface area (Å²) in [6.45, 7) is 8.35. The summed E-state index contributed by atoms with van der Waals surface area (Å²) in [5, 5.41) is 1.99. The molecule has 3 nitrogen and oxygen atoms in total. The molecule has 0 saturated carbocycles. The minimum absolute atomic E-state index is 0.172. The Morgan fingerprint density at radius 1 is 1.17 bits per heavy atom. The van der Waals surface area contributed by atoms with E-state index in [0.717, 1.165) is 27.9 Å². The van der Waals surface area contributed by atoms with Gasteiger partial charge in [0.2, 0.25) is 0 Å². The van der Waals surface area contributed by atoms with E-state index in [1.54, 1.807) is 0 Å². The third-order valence-corrected chi connectivity index (χ3v) is 3.28. The van der Waals surface area contributed by atoms with Gasteiger partial charge in [0.1, 0.15) is 5.75 Å². The Morgan fingerprint density at radius 3 is 2.56 bits per heavy atom. The molecule has 0 bridgehead atoms. The van der Waals surface area contributed by atoms with Gasteiger partial charge < -0.3 is 10.5 Å². The number of nitrogens with zero attached hydrogens (tertiary/aromatic N) is 1. The van der Waals surface area contributed by atoms with Crippen LogP contribution in [0.4, 0.5) is 5.69 Å². The molecule has 18 heavy (non-hydrogen) atoms. The fraction of sp³-hybridized carbons (Fsp3) is 0.400. The Hall–Kier alpha value is -1.77. The number of hydrogen-bond donors (Lipinski definition) is 1. The molecule has 0 aliphatic heterocycles. The van der Waals surface area contributed by atoms with Gasteiger partial charge in [0.05, 0.1) is 6.10 Å². The van der Waals surface area contributed by atoms with E-state index in [-0.39, 0.29) is 6.10 Å². The molecule has 0 spiro atoms. The van der Waals surface area contributed by atoms with Gasteiger partial charge in [0.25, 0.3) is 0 Å². The lowest BCUT2D eigenvalue weighted by atomic mass is 10.1. The fourth-order valence-electron chi connectivity index (χ4n) is 1.78. The predicted octanol–water partition coefficient (Wildman–Crippen LogP) is 3.55. The van der Waals surface area contributed by atoms with Crippen molar-refractivity contribution in [2.75, 3.05) is 5.73 Å². The van der Waals surface area contributed by atoms with Crippen molar-refractivity contribution in [3.05, 3.63) is 30.1 Å². The number of ether oxygens (including phenoxy) is 1. The van der Waals surface area contributed by atoms with Gasteiger partial charge in [-0.3, -0.25) is 4.98 Å². The van der Waals surface area contributed by atoms with E-state index in [0.29, 0.717) is 5.92 Å². The lowest BCUT2D eigenvalue weighted by Gasteiger charge is -2.19. The molecule has 0 aliphatic rings. The second-order valence-corrected chi connectivity index (χ2v) is 5.09. The highest BCUT2D eigenvalue weighted by atomic mass is 16.5. The number of nitrogen functional groups attached to an aromatic ring is 1. The van der Waals surface area contributed by atoms with Crippen LogP contribution in [0.25, 0.3) is 10.8 Å². The zero-order valence-corrected chi connectivity index (χ0v) is 11.4. The van der Waals surface area contributed by atoms with Crippen molar-refractivity contribution in [3.63, 3.8) is 0 Å². The molecule has 0 radical (unpaired) electrons. The summed E-state index contributed by atoms with van der Waals surface area (Å²) in [6, 6.07) is 5.84. The maximum atomic E-state index is 6.02. The number of pyridine rings is 1. The minimum atomic E-state index is 0.172. The van der Waals surface area contributed by atoms with Gasteiger partial charge >= 0.3 is 0 Å². The number of benzene rings is 1. The van der Waals surface area contributed by atoms with Gasteiger partial charge in [0, 0.05) is 28.4 Å². The van der Waals surface area contributed by atoms with E-state index in [4.69, 9.17) is 10.5 Å². The molecule has 1 aromatic heterocycles. The van der Waals surface area contributed by atoms with Gasteiger partial charge in [-0.05, 0) is 38.0 Å². The number of anilines is 1. The van der Waals surface area contributed by atoms with Gasteiger partial charge in [0.15, 0.2) is 0 Å². The van der Waals surface area contributed by atoms with E-state index >= 15 is 0 Å². The van der Waals surface area contributed by atoms with E-state index < -0.39 is 0 Å². The summed E-state index contributed by atoms with van der Waals surface area (Å²) >= 11 is 0. The van der Waals surface area contributed by atoms with Crippen LogP contribution < -0.4 is 10.5 Å². The SMILES string of the molecule is Cc1cc2c(OC(C)C(C)C)ccc(N)c2cn1. The average Bonchev–Trinajstić information content (AvgIpc) is 2.32. The fourth-order valence-corrected chi connectivity index (χ4v) is 1.78. The van der Waals surface area contributed by atoms with Gasteiger partial charge in [-0.15, -0.1) is 0 Å². The third kappa shape index (κ3) is 2.40. The Bertz CT molecular complexity index is 564. The van der Waals surface area contributed by atoms with Crippen molar-refractivity contribution >= 4 is 16.5 Å². The molecule has 3 heteroatoms. The zero-order valence-electron chi connectivity index (χ0n) is 11.4. The number of aromatic nitrogens is 1. The lowest BCUT2D eigenvalue weighted by molar-refractivity contribution is 0.173. The van der Waals surface area contributed by atoms with Crippen LogP contribution >= 0.6 is 0 Å². The molecule has 2 aromatic rings. The first-order chi connectivity index (χ1) is 8.49. The number of fused-ring (bicyclic) bond motifs is 1. The van der Waals surface area contributed by atoms with E-state index in [9.17, 15) is 0 Å². The third-order valence-electron chi connectivity index (χ3n) is 3.28. The maximum Gasteiger partial charge on any atom is 0.127 e. The highest BCUT2D eigenvalue weighted by molar-refractivity contribution is 5.96. The Labute approximate surface area is 108 Å². The molecule has 96 valence electrons. The summed E-state index contributed by atoms with van der Waals surface area (Å²) in [5.74, 6) is 1.35. The molecule has 1 unspecified atom stereocenters. The van der Waals surface area contributed by atoms with E-state index in [2.05, 4.69) is 25.8 Å². The molecular weight excluding hydrogens is 224 g/mol. The van der Waals surface area contributed by atoms with Gasteiger partial charge in [-0.1, -0.05) is 13.8 Å². The second-order valence-electron chi connectivity index (χ2n) is 5.09. The van der Waals surface area contributed by atoms with Gasteiger partial charge in [-0.25, -0.2) is 0 Å². The largest absolute Gasteiger partial charge is 0.490 e. The topological polar surface area (TPSA) is 48.1 Å². The van der Waals surface area contributed by atoms with Crippen LogP contribution in [-0.4, -0.2) is 11.1 Å². The number of rotatable bonds is 3. The maximum absolute atomic E-state index is 6.02. The second kappa shape index (κ2) is 4.84. The van der Waals surface area contributed by atoms with Crippen LogP contribution in [0.3, 0.4) is 0 Å². The van der Waals surface area contributed by atoms with Crippen LogP contribution in [0.15, 0.2) is 24.4 Å². The highest BCUT2D eigenvalue weighted by Crippen LogP contribution is 2.31. The summed E-state index contributed by atoms with van der Waals surface area (Å²) in [6.07, 6.45) is 1.98. The normalized spacial score (nSPS) is 12.9. The minimum Gasteiger partial charge on any atom is -0.490 e. The van der Waals surface area contributed by atoms with Crippen molar-refractivity contribution in [1.82, 2.24) is 4.98 Å². The summed E-state index contributed by atoms with van der Waals surface area (Å²) < 4.78 is 6.02. The number of hydrogen-bond acceptors (Lipinski definition) is 3. The van der Waals surface area contributed by atoms with Crippen LogP contribution in [0.2, 0.25) is 0 Å². The van der Waals surface area contributed by atoms with Crippen molar-refractivity contribution in [2.24, 2.45) is 5.92 Å². The number of nitrogens with two attached hydrogens (primary N) is 1. The van der Waals surface area contributed by atoms with Crippen LogP contribution in [0.5, 0.6) is 5.75 Å². The van der Waals surface area contributed by atoms with Crippen molar-refractivity contribution in [3.8, 4) is 5.75 Å². The van der Waals surface area contributed by atoms with Crippen LogP contribution in [0, 0.1) is 12.8 Å². The summed E-state index contributed by atoms with van der Waals surface area (Å²) in [7, 11) is 0. The Morgan fingerprint density at radius 2 is 1.89 bits per heavy atom. The summed E-state index contributed by atoms with van der Waals surface area (Å²) in [4.78, 5) is 4.29. The summed E-state index contributed by atoms with van der Waals surface area (Å²) in [5.41, 5.74) is 7.68. The molecule has 0 fully saturated rings. The van der Waals surface area contributed by atoms with Crippen molar-refractivity contribution in [1.29, 1.82) is 0 Å². The van der Waals surface area contributed by atoms with E-state index in [1.165, 1.54) is 0 Å². The first-order valence-electron chi connectivity index (χ1n) is 6.30. The zero-order chi connectivity index (χ0) is 13.3. The molecular formula is C15H20N2O. The van der Waals surface area contributed by atoms with Crippen LogP contribution in [-0.2, 0) is 0 Å². The molecule has 1 aromatic carbocycles. The molecule has 1 heterocycles. The molecule has 1 atom stereocenters. The quantitative estimate of drug-likeness (QED) is 0.840. The van der Waals surface area contributed by atoms with E-state index in [1.807, 2.05) is 31.3 Å². The number of aryl methyl sites for hydroxylation is 1. The predicted molar refractivity (Wildman–Crippen MR) is 75.8 cm³/mol. The monoisotopic (exact) mass is 244 g/mol. The average molecular weight is 244 g/mol. The Kier molecular flexibility index (Phi) is 3.41. The first-order valence-corrected chi connectivity index (χ1v) is 6.30. The van der Waals surface area contributed by atoms with Crippen molar-refractivity contribution in [2.45, 2.75) is 33.8 Å². The highest BCUT2D eigenvalue weighted by Gasteiger charge is 2.12. The van der Waals surface area contributed by atoms with Crippen molar-refractivity contribution < 1.29 is 4.74 Å².